The summed E-state index contributed by atoms with van der Waals surface area (Å²) in [5.41, 5.74) is 0.425. The van der Waals surface area contributed by atoms with Gasteiger partial charge in [0.05, 0.1) is 35.9 Å². The number of halogens is 3. The highest BCUT2D eigenvalue weighted by Crippen LogP contribution is 2.32. The number of morpholine rings is 1. The van der Waals surface area contributed by atoms with E-state index in [0.717, 1.165) is 17.7 Å². The summed E-state index contributed by atoms with van der Waals surface area (Å²) < 4.78 is 71.3. The highest BCUT2D eigenvalue weighted by Gasteiger charge is 2.34. The Labute approximate surface area is 166 Å². The Hall–Kier alpha value is -2.24. The van der Waals surface area contributed by atoms with Crippen LogP contribution < -0.4 is 4.90 Å². The number of hydrogen-bond donors (Lipinski definition) is 0. The van der Waals surface area contributed by atoms with Crippen LogP contribution in [0.25, 0.3) is 0 Å². The topological polar surface area (TPSA) is 75.6 Å². The number of alkyl halides is 3. The average molecular weight is 428 g/mol. The van der Waals surface area contributed by atoms with Crippen LogP contribution in [0.3, 0.4) is 0 Å². The molecular weight excluding hydrogens is 409 g/mol. The minimum absolute atomic E-state index is 0.00618. The maximum absolute atomic E-state index is 13.0. The lowest BCUT2D eigenvalue weighted by Gasteiger charge is -2.30. The monoisotopic (exact) mass is 428 g/mol. The van der Waals surface area contributed by atoms with Crippen molar-refractivity contribution >= 4 is 16.0 Å². The molecule has 7 nitrogen and oxygen atoms in total. The van der Waals surface area contributed by atoms with Crippen molar-refractivity contribution in [3.8, 4) is 0 Å². The lowest BCUT2D eigenvalue weighted by atomic mass is 10.1. The van der Waals surface area contributed by atoms with Crippen molar-refractivity contribution in [2.45, 2.75) is 24.0 Å². The molecule has 0 unspecified atom stereocenters. The molecule has 0 aliphatic carbocycles. The zero-order chi connectivity index (χ0) is 20.6. The van der Waals surface area contributed by atoms with E-state index in [4.69, 9.17) is 4.74 Å². The van der Waals surface area contributed by atoms with Crippen molar-refractivity contribution < 1.29 is 26.3 Å². The van der Waals surface area contributed by atoms with Crippen LogP contribution in [0, 0.1) is 0 Å². The predicted octanol–water partition coefficient (Wildman–Crippen LogP) is 2.08. The largest absolute Gasteiger partial charge is 0.416 e. The molecule has 3 heterocycles. The highest BCUT2D eigenvalue weighted by molar-refractivity contribution is 7.89. The summed E-state index contributed by atoms with van der Waals surface area (Å²) in [6, 6.07) is 3.81. The van der Waals surface area contributed by atoms with Crippen LogP contribution >= 0.6 is 0 Å². The van der Waals surface area contributed by atoms with Crippen LogP contribution in [0.1, 0.15) is 16.8 Å². The lowest BCUT2D eigenvalue weighted by Crippen LogP contribution is -2.39. The molecule has 1 aromatic heterocycles. The fraction of sp³-hybridized carbons (Fsp3) is 0.444. The normalized spacial score (nSPS) is 18.5. The molecule has 2 aliphatic heterocycles. The Morgan fingerprint density at radius 1 is 1.10 bits per heavy atom. The second-order valence-corrected chi connectivity index (χ2v) is 8.79. The van der Waals surface area contributed by atoms with Crippen LogP contribution in [-0.4, -0.2) is 55.5 Å². The van der Waals surface area contributed by atoms with Gasteiger partial charge < -0.3 is 9.64 Å². The summed E-state index contributed by atoms with van der Waals surface area (Å²) in [7, 11) is -4.09. The van der Waals surface area contributed by atoms with Gasteiger partial charge in [0, 0.05) is 25.8 Å². The van der Waals surface area contributed by atoms with Crippen molar-refractivity contribution in [2.24, 2.45) is 0 Å². The van der Waals surface area contributed by atoms with Gasteiger partial charge >= 0.3 is 6.18 Å². The molecule has 0 amide bonds. The van der Waals surface area contributed by atoms with Crippen molar-refractivity contribution in [1.29, 1.82) is 0 Å². The molecule has 0 radical (unpaired) electrons. The zero-order valence-electron chi connectivity index (χ0n) is 15.4. The molecule has 0 bridgehead atoms. The third-order valence-corrected chi connectivity index (χ3v) is 6.83. The molecule has 0 saturated carbocycles. The van der Waals surface area contributed by atoms with Crippen molar-refractivity contribution in [3.05, 3.63) is 47.3 Å². The summed E-state index contributed by atoms with van der Waals surface area (Å²) in [5.74, 6) is 0.505. The Morgan fingerprint density at radius 2 is 1.86 bits per heavy atom. The van der Waals surface area contributed by atoms with Crippen LogP contribution in [0.2, 0.25) is 0 Å². The Kier molecular flexibility index (Phi) is 5.21. The van der Waals surface area contributed by atoms with E-state index in [-0.39, 0.29) is 18.0 Å². The van der Waals surface area contributed by atoms with E-state index < -0.39 is 21.8 Å². The first-order valence-electron chi connectivity index (χ1n) is 9.10. The number of rotatable bonds is 3. The molecule has 1 fully saturated rings. The van der Waals surface area contributed by atoms with Crippen LogP contribution in [0.15, 0.2) is 35.4 Å². The van der Waals surface area contributed by atoms with Gasteiger partial charge in [-0.25, -0.2) is 18.4 Å². The van der Waals surface area contributed by atoms with Gasteiger partial charge in [-0.15, -0.1) is 0 Å². The van der Waals surface area contributed by atoms with Crippen molar-refractivity contribution in [3.63, 3.8) is 0 Å². The van der Waals surface area contributed by atoms with E-state index in [0.29, 0.717) is 50.4 Å². The fourth-order valence-electron chi connectivity index (χ4n) is 3.37. The average Bonchev–Trinajstić information content (AvgIpc) is 2.73. The zero-order valence-corrected chi connectivity index (χ0v) is 16.2. The van der Waals surface area contributed by atoms with Gasteiger partial charge in [0.15, 0.2) is 0 Å². The van der Waals surface area contributed by atoms with Gasteiger partial charge in [-0.2, -0.15) is 17.5 Å². The SMILES string of the molecule is O=S(=O)(c1cccc(C(F)(F)F)c1)N1CCc2cnc(N3CCOCC3)nc2C1. The van der Waals surface area contributed by atoms with Gasteiger partial charge in [-0.3, -0.25) is 0 Å². The van der Waals surface area contributed by atoms with Crippen LogP contribution in [0.5, 0.6) is 0 Å². The molecule has 2 aromatic rings. The predicted molar refractivity (Wildman–Crippen MR) is 97.8 cm³/mol. The van der Waals surface area contributed by atoms with Gasteiger partial charge in [0.1, 0.15) is 0 Å². The number of sulfonamides is 1. The highest BCUT2D eigenvalue weighted by atomic mass is 32.2. The van der Waals surface area contributed by atoms with Crippen LogP contribution in [-0.2, 0) is 33.9 Å². The molecule has 2 aliphatic rings. The summed E-state index contributed by atoms with van der Waals surface area (Å²) in [5, 5.41) is 0. The van der Waals surface area contributed by atoms with E-state index in [9.17, 15) is 21.6 Å². The second kappa shape index (κ2) is 7.54. The number of aromatic nitrogens is 2. The number of anilines is 1. The maximum atomic E-state index is 13.0. The quantitative estimate of drug-likeness (QED) is 0.745. The molecule has 4 rings (SSSR count). The number of ether oxygens (including phenoxy) is 1. The molecule has 0 atom stereocenters. The third-order valence-electron chi connectivity index (χ3n) is 4.99. The third kappa shape index (κ3) is 4.07. The molecule has 0 N–H and O–H groups in total. The standard InChI is InChI=1S/C18H19F3N4O3S/c19-18(20,21)14-2-1-3-15(10-14)29(26,27)25-5-4-13-11-22-17(23-16(13)12-25)24-6-8-28-9-7-24/h1-3,10-11H,4-9,12H2. The van der Waals surface area contributed by atoms with Gasteiger partial charge in [0.25, 0.3) is 0 Å². The summed E-state index contributed by atoms with van der Waals surface area (Å²) >= 11 is 0. The molecular formula is C18H19F3N4O3S. The molecule has 1 aromatic carbocycles. The minimum atomic E-state index is -4.61. The Morgan fingerprint density at radius 3 is 2.59 bits per heavy atom. The summed E-state index contributed by atoms with van der Waals surface area (Å²) in [6.45, 7) is 2.57. The number of benzene rings is 1. The van der Waals surface area contributed by atoms with E-state index in [1.165, 1.54) is 10.4 Å². The molecule has 156 valence electrons. The second-order valence-electron chi connectivity index (χ2n) is 6.86. The van der Waals surface area contributed by atoms with E-state index in [1.54, 1.807) is 6.20 Å². The molecule has 11 heteroatoms. The van der Waals surface area contributed by atoms with Gasteiger partial charge in [-0.1, -0.05) is 6.07 Å². The van der Waals surface area contributed by atoms with Crippen LogP contribution in [0.4, 0.5) is 19.1 Å². The van der Waals surface area contributed by atoms with Gasteiger partial charge in [0.2, 0.25) is 16.0 Å². The minimum Gasteiger partial charge on any atom is -0.378 e. The van der Waals surface area contributed by atoms with Gasteiger partial charge in [-0.05, 0) is 30.2 Å². The molecule has 1 saturated heterocycles. The first kappa shape index (κ1) is 20.0. The van der Waals surface area contributed by atoms with Crippen molar-refractivity contribution in [1.82, 2.24) is 14.3 Å². The lowest BCUT2D eigenvalue weighted by molar-refractivity contribution is -0.137. The summed E-state index contributed by atoms with van der Waals surface area (Å²) in [4.78, 5) is 10.5. The molecule has 29 heavy (non-hydrogen) atoms. The maximum Gasteiger partial charge on any atom is 0.416 e. The fourth-order valence-corrected chi connectivity index (χ4v) is 4.82. The van der Waals surface area contributed by atoms with Crippen molar-refractivity contribution in [2.75, 3.05) is 37.7 Å². The van der Waals surface area contributed by atoms with E-state index >= 15 is 0 Å². The smallest absolute Gasteiger partial charge is 0.378 e. The van der Waals surface area contributed by atoms with E-state index in [2.05, 4.69) is 9.97 Å². The first-order chi connectivity index (χ1) is 13.7. The number of hydrogen-bond acceptors (Lipinski definition) is 6. The van der Waals surface area contributed by atoms with E-state index in [1.807, 2.05) is 4.90 Å². The Balaban J connectivity index is 1.60. The first-order valence-corrected chi connectivity index (χ1v) is 10.5. The summed E-state index contributed by atoms with van der Waals surface area (Å²) in [6.07, 6.45) is -2.52. The number of nitrogens with zero attached hydrogens (tertiary/aromatic N) is 4. The molecule has 0 spiro atoms. The number of fused-ring (bicyclic) bond motifs is 1. The Bertz CT molecular complexity index is 1010.